The van der Waals surface area contributed by atoms with Crippen LogP contribution in [0.2, 0.25) is 0 Å². The maximum Gasteiger partial charge on any atom is 0.0233 e. The first-order valence-electron chi connectivity index (χ1n) is 4.52. The standard InChI is InChI=1S/C11H15N.H2O/c1-9-3-4-11-8-12(2)6-5-10(11)7-9;/h3-4,7H,5-6,8H2,1-2H3;1H2. The Bertz CT molecular complexity index is 296. The molecule has 0 spiro atoms. The number of nitrogens with zero attached hydrogens (tertiary/aromatic N) is 1. The molecule has 72 valence electrons. The molecule has 0 atom stereocenters. The summed E-state index contributed by atoms with van der Waals surface area (Å²) in [5.41, 5.74) is 4.45. The van der Waals surface area contributed by atoms with E-state index in [1.54, 1.807) is 5.56 Å². The second kappa shape index (κ2) is 3.90. The van der Waals surface area contributed by atoms with Gasteiger partial charge in [0.25, 0.3) is 0 Å². The molecule has 1 aromatic rings. The summed E-state index contributed by atoms with van der Waals surface area (Å²) in [4.78, 5) is 2.37. The van der Waals surface area contributed by atoms with E-state index in [0.717, 1.165) is 6.54 Å². The summed E-state index contributed by atoms with van der Waals surface area (Å²) >= 11 is 0. The number of hydrogen-bond acceptors (Lipinski definition) is 1. The summed E-state index contributed by atoms with van der Waals surface area (Å²) < 4.78 is 0. The second-order valence-corrected chi connectivity index (χ2v) is 3.76. The molecule has 0 saturated carbocycles. The Labute approximate surface area is 79.5 Å². The highest BCUT2D eigenvalue weighted by atomic mass is 16.0. The van der Waals surface area contributed by atoms with E-state index in [1.165, 1.54) is 24.1 Å². The largest absolute Gasteiger partial charge is 0.412 e. The van der Waals surface area contributed by atoms with E-state index < -0.39 is 0 Å². The number of benzene rings is 1. The molecule has 2 nitrogen and oxygen atoms in total. The third kappa shape index (κ3) is 2.08. The Morgan fingerprint density at radius 2 is 2.00 bits per heavy atom. The number of fused-ring (bicyclic) bond motifs is 1. The zero-order valence-electron chi connectivity index (χ0n) is 8.30. The minimum Gasteiger partial charge on any atom is -0.412 e. The predicted octanol–water partition coefficient (Wildman–Crippen LogP) is 1.16. The van der Waals surface area contributed by atoms with Crippen molar-refractivity contribution in [2.75, 3.05) is 13.6 Å². The molecule has 13 heavy (non-hydrogen) atoms. The van der Waals surface area contributed by atoms with E-state index in [4.69, 9.17) is 0 Å². The fraction of sp³-hybridized carbons (Fsp3) is 0.455. The molecule has 0 amide bonds. The monoisotopic (exact) mass is 179 g/mol. The van der Waals surface area contributed by atoms with Crippen LogP contribution in [0.1, 0.15) is 16.7 Å². The van der Waals surface area contributed by atoms with Gasteiger partial charge in [0.15, 0.2) is 0 Å². The Morgan fingerprint density at radius 3 is 2.77 bits per heavy atom. The van der Waals surface area contributed by atoms with Gasteiger partial charge in [0.2, 0.25) is 0 Å². The molecule has 0 radical (unpaired) electrons. The zero-order chi connectivity index (χ0) is 8.55. The summed E-state index contributed by atoms with van der Waals surface area (Å²) in [6.07, 6.45) is 1.22. The van der Waals surface area contributed by atoms with Crippen molar-refractivity contribution in [1.29, 1.82) is 0 Å². The Morgan fingerprint density at radius 1 is 1.23 bits per heavy atom. The Hall–Kier alpha value is -0.860. The molecule has 0 fully saturated rings. The maximum atomic E-state index is 2.37. The third-order valence-corrected chi connectivity index (χ3v) is 2.56. The van der Waals surface area contributed by atoms with Gasteiger partial charge < -0.3 is 10.4 Å². The van der Waals surface area contributed by atoms with Crippen molar-refractivity contribution >= 4 is 0 Å². The molecule has 1 aromatic carbocycles. The van der Waals surface area contributed by atoms with Gasteiger partial charge in [-0.1, -0.05) is 23.8 Å². The first-order chi connectivity index (χ1) is 5.75. The van der Waals surface area contributed by atoms with Crippen LogP contribution in [-0.2, 0) is 13.0 Å². The highest BCUT2D eigenvalue weighted by Gasteiger charge is 2.11. The normalized spacial score (nSPS) is 16.2. The summed E-state index contributed by atoms with van der Waals surface area (Å²) in [7, 11) is 2.18. The third-order valence-electron chi connectivity index (χ3n) is 2.56. The van der Waals surface area contributed by atoms with Crippen molar-refractivity contribution in [3.63, 3.8) is 0 Å². The highest BCUT2D eigenvalue weighted by Crippen LogP contribution is 2.18. The minimum absolute atomic E-state index is 0. The van der Waals surface area contributed by atoms with E-state index in [0.29, 0.717) is 0 Å². The van der Waals surface area contributed by atoms with Gasteiger partial charge in [0.05, 0.1) is 0 Å². The quantitative estimate of drug-likeness (QED) is 0.588. The van der Waals surface area contributed by atoms with Crippen molar-refractivity contribution in [3.05, 3.63) is 34.9 Å². The number of hydrogen-bond donors (Lipinski definition) is 0. The number of likely N-dealkylation sites (N-methyl/N-ethyl adjacent to an activating group) is 1. The molecule has 1 heterocycles. The Balaban J connectivity index is 0.000000845. The summed E-state index contributed by atoms with van der Waals surface area (Å²) in [6.45, 7) is 4.49. The zero-order valence-corrected chi connectivity index (χ0v) is 8.30. The molecule has 2 N–H and O–H groups in total. The highest BCUT2D eigenvalue weighted by molar-refractivity contribution is 5.33. The molecule has 2 rings (SSSR count). The molecule has 0 saturated heterocycles. The maximum absolute atomic E-state index is 2.37. The first-order valence-corrected chi connectivity index (χ1v) is 4.52. The van der Waals surface area contributed by atoms with Gasteiger partial charge >= 0.3 is 0 Å². The lowest BCUT2D eigenvalue weighted by molar-refractivity contribution is 0.313. The molecule has 0 aromatic heterocycles. The average molecular weight is 179 g/mol. The van der Waals surface area contributed by atoms with Gasteiger partial charge in [-0.25, -0.2) is 0 Å². The lowest BCUT2D eigenvalue weighted by Crippen LogP contribution is -2.26. The van der Waals surface area contributed by atoms with Crippen LogP contribution < -0.4 is 0 Å². The lowest BCUT2D eigenvalue weighted by Gasteiger charge is -2.24. The number of aryl methyl sites for hydroxylation is 1. The molecular formula is C11H17NO. The van der Waals surface area contributed by atoms with Gasteiger partial charge in [0, 0.05) is 13.1 Å². The van der Waals surface area contributed by atoms with Crippen LogP contribution in [0.4, 0.5) is 0 Å². The van der Waals surface area contributed by atoms with Crippen molar-refractivity contribution in [2.45, 2.75) is 19.9 Å². The smallest absolute Gasteiger partial charge is 0.0233 e. The van der Waals surface area contributed by atoms with Crippen LogP contribution in [0.3, 0.4) is 0 Å². The van der Waals surface area contributed by atoms with Crippen LogP contribution in [0.5, 0.6) is 0 Å². The van der Waals surface area contributed by atoms with Gasteiger partial charge in [-0.2, -0.15) is 0 Å². The SMILES string of the molecule is Cc1ccc2c(c1)CCN(C)C2.O. The van der Waals surface area contributed by atoms with Crippen LogP contribution in [0.25, 0.3) is 0 Å². The van der Waals surface area contributed by atoms with Crippen molar-refractivity contribution in [1.82, 2.24) is 4.90 Å². The lowest BCUT2D eigenvalue weighted by atomic mass is 9.98. The van der Waals surface area contributed by atoms with E-state index in [1.807, 2.05) is 0 Å². The molecule has 1 aliphatic heterocycles. The van der Waals surface area contributed by atoms with Crippen LogP contribution in [0.15, 0.2) is 18.2 Å². The Kier molecular flexibility index (Phi) is 3.07. The van der Waals surface area contributed by atoms with Crippen LogP contribution in [-0.4, -0.2) is 24.0 Å². The van der Waals surface area contributed by atoms with Crippen LogP contribution in [0, 0.1) is 6.92 Å². The van der Waals surface area contributed by atoms with E-state index in [2.05, 4.69) is 37.1 Å². The fourth-order valence-electron chi connectivity index (χ4n) is 1.82. The van der Waals surface area contributed by atoms with Crippen molar-refractivity contribution in [2.24, 2.45) is 0 Å². The van der Waals surface area contributed by atoms with E-state index >= 15 is 0 Å². The molecule has 2 heteroatoms. The van der Waals surface area contributed by atoms with E-state index in [-0.39, 0.29) is 5.48 Å². The predicted molar refractivity (Wildman–Crippen MR) is 54.8 cm³/mol. The van der Waals surface area contributed by atoms with Crippen molar-refractivity contribution in [3.8, 4) is 0 Å². The molecule has 0 unspecified atom stereocenters. The summed E-state index contributed by atoms with van der Waals surface area (Å²) in [5.74, 6) is 0. The number of rotatable bonds is 0. The molecule has 1 aliphatic rings. The second-order valence-electron chi connectivity index (χ2n) is 3.76. The average Bonchev–Trinajstić information content (AvgIpc) is 2.05. The van der Waals surface area contributed by atoms with Gasteiger partial charge in [-0.05, 0) is 31.5 Å². The minimum atomic E-state index is 0. The summed E-state index contributed by atoms with van der Waals surface area (Å²) in [5, 5.41) is 0. The fourth-order valence-corrected chi connectivity index (χ4v) is 1.82. The van der Waals surface area contributed by atoms with Gasteiger partial charge in [0.1, 0.15) is 0 Å². The van der Waals surface area contributed by atoms with Crippen LogP contribution >= 0.6 is 0 Å². The van der Waals surface area contributed by atoms with Gasteiger partial charge in [-0.3, -0.25) is 0 Å². The van der Waals surface area contributed by atoms with Crippen molar-refractivity contribution < 1.29 is 5.48 Å². The van der Waals surface area contributed by atoms with Gasteiger partial charge in [-0.15, -0.1) is 0 Å². The van der Waals surface area contributed by atoms with E-state index in [9.17, 15) is 0 Å². The topological polar surface area (TPSA) is 34.7 Å². The first kappa shape index (κ1) is 10.2. The molecular weight excluding hydrogens is 162 g/mol. The molecule has 0 bridgehead atoms. The molecule has 0 aliphatic carbocycles. The summed E-state index contributed by atoms with van der Waals surface area (Å²) in [6, 6.07) is 6.79.